The van der Waals surface area contributed by atoms with E-state index in [1.165, 1.54) is 4.90 Å². The van der Waals surface area contributed by atoms with E-state index in [2.05, 4.69) is 52.0 Å². The third kappa shape index (κ3) is 2.45. The van der Waals surface area contributed by atoms with E-state index in [0.717, 1.165) is 5.69 Å². The van der Waals surface area contributed by atoms with E-state index in [0.29, 0.717) is 29.5 Å². The summed E-state index contributed by atoms with van der Waals surface area (Å²) in [6.45, 7) is 13.8. The molecule has 122 valence electrons. The lowest BCUT2D eigenvalue weighted by atomic mass is 10.4. The highest BCUT2D eigenvalue weighted by Crippen LogP contribution is 2.43. The largest absolute Gasteiger partial charge is 0.378 e. The number of carbonyl (C=O) groups excluding carboxylic acids is 2. The van der Waals surface area contributed by atoms with Crippen molar-refractivity contribution in [1.29, 1.82) is 0 Å². The molecule has 22 heavy (non-hydrogen) atoms. The number of aromatic nitrogens is 1. The average molecular weight is 321 g/mol. The molecule has 1 aliphatic heterocycles. The highest BCUT2D eigenvalue weighted by atomic mass is 28.3. The first kappa shape index (κ1) is 17.0. The van der Waals surface area contributed by atoms with Gasteiger partial charge in [-0.05, 0) is 28.9 Å². The third-order valence-electron chi connectivity index (χ3n) is 5.21. The van der Waals surface area contributed by atoms with E-state index in [1.54, 1.807) is 0 Å². The maximum Gasteiger partial charge on any atom is 0.234 e. The number of amides is 2. The van der Waals surface area contributed by atoms with Crippen LogP contribution in [0.2, 0.25) is 16.6 Å². The van der Waals surface area contributed by atoms with Gasteiger partial charge in [-0.3, -0.25) is 9.59 Å². The Labute approximate surface area is 134 Å². The Morgan fingerprint density at radius 2 is 1.36 bits per heavy atom. The molecule has 1 saturated heterocycles. The quantitative estimate of drug-likeness (QED) is 0.604. The Kier molecular flexibility index (Phi) is 4.66. The van der Waals surface area contributed by atoms with Gasteiger partial charge in [0.25, 0.3) is 0 Å². The molecule has 4 nitrogen and oxygen atoms in total. The molecule has 1 fully saturated rings. The van der Waals surface area contributed by atoms with Crippen molar-refractivity contribution in [3.63, 3.8) is 0 Å². The summed E-state index contributed by atoms with van der Waals surface area (Å²) in [5.74, 6) is -0.151. The van der Waals surface area contributed by atoms with Crippen molar-refractivity contribution in [2.45, 2.75) is 71.0 Å². The highest BCUT2D eigenvalue weighted by Gasteiger charge is 2.45. The molecule has 1 aliphatic rings. The van der Waals surface area contributed by atoms with E-state index in [9.17, 15) is 9.59 Å². The molecule has 0 radical (unpaired) electrons. The van der Waals surface area contributed by atoms with Crippen LogP contribution in [-0.4, -0.2) is 24.3 Å². The van der Waals surface area contributed by atoms with Gasteiger partial charge in [-0.1, -0.05) is 41.5 Å². The zero-order valence-electron chi connectivity index (χ0n) is 14.6. The molecular weight excluding hydrogens is 292 g/mol. The fourth-order valence-corrected chi connectivity index (χ4v) is 11.0. The van der Waals surface area contributed by atoms with Gasteiger partial charge < -0.3 is 4.23 Å². The van der Waals surface area contributed by atoms with Crippen LogP contribution in [0.25, 0.3) is 0 Å². The van der Waals surface area contributed by atoms with Crippen LogP contribution in [0, 0.1) is 0 Å². The first-order chi connectivity index (χ1) is 10.2. The smallest absolute Gasteiger partial charge is 0.234 e. The van der Waals surface area contributed by atoms with Crippen LogP contribution in [0.3, 0.4) is 0 Å². The van der Waals surface area contributed by atoms with E-state index >= 15 is 0 Å². The van der Waals surface area contributed by atoms with Gasteiger partial charge in [-0.25, -0.2) is 4.90 Å². The second-order valence-electron chi connectivity index (χ2n) is 7.25. The highest BCUT2D eigenvalue weighted by molar-refractivity contribution is 6.82. The summed E-state index contributed by atoms with van der Waals surface area (Å²) >= 11 is 0. The summed E-state index contributed by atoms with van der Waals surface area (Å²) in [6.07, 6.45) is 4.80. The fourth-order valence-electron chi connectivity index (χ4n) is 4.52. The Hall–Kier alpha value is -1.36. The Balaban J connectivity index is 2.48. The number of anilines is 1. The second kappa shape index (κ2) is 6.03. The minimum absolute atomic E-state index is 0.0753. The van der Waals surface area contributed by atoms with Crippen LogP contribution < -0.4 is 4.90 Å². The van der Waals surface area contributed by atoms with Crippen LogP contribution in [0.4, 0.5) is 5.69 Å². The van der Waals surface area contributed by atoms with Crippen molar-refractivity contribution in [3.8, 4) is 0 Å². The zero-order valence-corrected chi connectivity index (χ0v) is 15.6. The second-order valence-corrected chi connectivity index (χ2v) is 13.0. The number of imide groups is 1. The molecule has 0 unspecified atom stereocenters. The summed E-state index contributed by atoms with van der Waals surface area (Å²) in [6, 6.07) is 1.93. The van der Waals surface area contributed by atoms with Crippen molar-refractivity contribution in [3.05, 3.63) is 18.5 Å². The minimum atomic E-state index is -1.81. The van der Waals surface area contributed by atoms with Crippen LogP contribution in [0.15, 0.2) is 18.5 Å². The van der Waals surface area contributed by atoms with Gasteiger partial charge in [0.15, 0.2) is 8.24 Å². The molecule has 0 atom stereocenters. The maximum absolute atomic E-state index is 12.0. The van der Waals surface area contributed by atoms with Crippen molar-refractivity contribution in [2.75, 3.05) is 4.90 Å². The van der Waals surface area contributed by atoms with Crippen LogP contribution in [0.5, 0.6) is 0 Å². The van der Waals surface area contributed by atoms with Crippen molar-refractivity contribution < 1.29 is 9.59 Å². The summed E-state index contributed by atoms with van der Waals surface area (Å²) in [4.78, 5) is 25.3. The van der Waals surface area contributed by atoms with Crippen LogP contribution in [0.1, 0.15) is 54.4 Å². The standard InChI is InChI=1S/C17H28N2O2Si/c1-12(2)22(13(3)4,14(5)6)18-10-9-15(11-18)19-16(20)7-8-17(19)21/h9-14H,7-8H2,1-6H3. The molecule has 2 amide bonds. The van der Waals surface area contributed by atoms with Gasteiger partial charge >= 0.3 is 0 Å². The molecule has 2 rings (SSSR count). The molecule has 0 aromatic carbocycles. The SMILES string of the molecule is CC(C)[Si](C(C)C)(C(C)C)n1ccc(N2C(=O)CCC2=O)c1. The van der Waals surface area contributed by atoms with Crippen LogP contribution in [-0.2, 0) is 9.59 Å². The van der Waals surface area contributed by atoms with Crippen LogP contribution >= 0.6 is 0 Å². The predicted octanol–water partition coefficient (Wildman–Crippen LogP) is 4.17. The molecule has 0 N–H and O–H groups in total. The lowest BCUT2D eigenvalue weighted by Crippen LogP contribution is -2.51. The van der Waals surface area contributed by atoms with E-state index in [-0.39, 0.29) is 11.8 Å². The third-order valence-corrected chi connectivity index (χ3v) is 11.9. The summed E-state index contributed by atoms with van der Waals surface area (Å²) in [5, 5.41) is 0. The lowest BCUT2D eigenvalue weighted by molar-refractivity contribution is -0.121. The molecule has 0 aliphatic carbocycles. The van der Waals surface area contributed by atoms with Gasteiger partial charge in [0.2, 0.25) is 11.8 Å². The number of hydrogen-bond donors (Lipinski definition) is 0. The number of nitrogens with zero attached hydrogens (tertiary/aromatic N) is 2. The fraction of sp³-hybridized carbons (Fsp3) is 0.647. The van der Waals surface area contributed by atoms with Gasteiger partial charge in [0.1, 0.15) is 0 Å². The zero-order chi connectivity index (χ0) is 16.7. The molecule has 0 spiro atoms. The Morgan fingerprint density at radius 1 is 0.909 bits per heavy atom. The topological polar surface area (TPSA) is 42.3 Å². The monoisotopic (exact) mass is 320 g/mol. The van der Waals surface area contributed by atoms with Crippen molar-refractivity contribution in [2.24, 2.45) is 0 Å². The molecule has 0 saturated carbocycles. The molecular formula is C17H28N2O2Si. The average Bonchev–Trinajstić information content (AvgIpc) is 2.96. The van der Waals surface area contributed by atoms with Gasteiger partial charge in [0.05, 0.1) is 5.69 Å². The molecule has 5 heteroatoms. The first-order valence-electron chi connectivity index (χ1n) is 8.27. The maximum atomic E-state index is 12.0. The van der Waals surface area contributed by atoms with E-state index < -0.39 is 8.24 Å². The number of carbonyl (C=O) groups is 2. The molecule has 1 aromatic heterocycles. The van der Waals surface area contributed by atoms with Crippen molar-refractivity contribution in [1.82, 2.24) is 4.23 Å². The Morgan fingerprint density at radius 3 is 1.77 bits per heavy atom. The predicted molar refractivity (Wildman–Crippen MR) is 92.6 cm³/mol. The minimum Gasteiger partial charge on any atom is -0.378 e. The number of hydrogen-bond acceptors (Lipinski definition) is 2. The van der Waals surface area contributed by atoms with Crippen molar-refractivity contribution >= 4 is 25.7 Å². The molecule has 1 aromatic rings. The van der Waals surface area contributed by atoms with E-state index in [1.807, 2.05) is 12.3 Å². The summed E-state index contributed by atoms with van der Waals surface area (Å²) < 4.78 is 2.36. The Bertz CT molecular complexity index is 537. The van der Waals surface area contributed by atoms with Gasteiger partial charge in [-0.2, -0.15) is 0 Å². The first-order valence-corrected chi connectivity index (χ1v) is 10.4. The normalized spacial score (nSPS) is 16.7. The molecule has 0 bridgehead atoms. The van der Waals surface area contributed by atoms with E-state index in [4.69, 9.17) is 0 Å². The van der Waals surface area contributed by atoms with Gasteiger partial charge in [0, 0.05) is 19.0 Å². The van der Waals surface area contributed by atoms with Gasteiger partial charge in [-0.15, -0.1) is 0 Å². The summed E-state index contributed by atoms with van der Waals surface area (Å²) in [5.41, 5.74) is 2.49. The number of rotatable bonds is 5. The lowest BCUT2D eigenvalue weighted by Gasteiger charge is -2.44. The molecule has 2 heterocycles. The summed E-state index contributed by atoms with van der Waals surface area (Å²) in [7, 11) is -1.81.